The smallest absolute Gasteiger partial charge is 0.259 e. The lowest BCUT2D eigenvalue weighted by Crippen LogP contribution is -2.27. The number of carbonyl (C=O) groups excluding carboxylic acids is 2. The molecular formula is C20H24N2O4S. The van der Waals surface area contributed by atoms with Gasteiger partial charge < -0.3 is 20.1 Å². The average molecular weight is 388 g/mol. The maximum atomic E-state index is 13.1. The Morgan fingerprint density at radius 3 is 2.74 bits per heavy atom. The zero-order chi connectivity index (χ0) is 19.4. The van der Waals surface area contributed by atoms with Gasteiger partial charge in [-0.15, -0.1) is 11.3 Å². The summed E-state index contributed by atoms with van der Waals surface area (Å²) in [5, 5.41) is 6.38. The first-order chi connectivity index (χ1) is 13.0. The first-order valence-electron chi connectivity index (χ1n) is 9.04. The average Bonchev–Trinajstić information content (AvgIpc) is 3.30. The Kier molecular flexibility index (Phi) is 6.13. The molecule has 1 aliphatic rings. The summed E-state index contributed by atoms with van der Waals surface area (Å²) in [6.45, 7) is 4.56. The summed E-state index contributed by atoms with van der Waals surface area (Å²) >= 11 is 1.42. The molecule has 2 amide bonds. The third kappa shape index (κ3) is 4.14. The summed E-state index contributed by atoms with van der Waals surface area (Å²) in [4.78, 5) is 26.6. The second kappa shape index (κ2) is 8.54. The van der Waals surface area contributed by atoms with Crippen LogP contribution in [0.5, 0.6) is 5.75 Å². The normalized spacial score (nSPS) is 16.2. The van der Waals surface area contributed by atoms with E-state index in [1.807, 2.05) is 26.0 Å². The molecule has 0 spiro atoms. The number of ether oxygens (including phenoxy) is 2. The number of thiophene rings is 1. The molecule has 2 N–H and O–H groups in total. The number of nitrogens with one attached hydrogen (secondary N) is 2. The summed E-state index contributed by atoms with van der Waals surface area (Å²) in [5.41, 5.74) is 2.04. The van der Waals surface area contributed by atoms with Gasteiger partial charge >= 0.3 is 0 Å². The Labute approximate surface area is 162 Å². The SMILES string of the molecule is CCc1c(C)sc(NC(=O)[C@H]2CCCO2)c1C(=O)Nc1ccccc1OC. The fraction of sp³-hybridized carbons (Fsp3) is 0.400. The monoisotopic (exact) mass is 388 g/mol. The molecule has 1 atom stereocenters. The molecule has 0 radical (unpaired) electrons. The number of hydrogen-bond acceptors (Lipinski definition) is 5. The molecule has 0 saturated carbocycles. The fourth-order valence-electron chi connectivity index (χ4n) is 3.24. The summed E-state index contributed by atoms with van der Waals surface area (Å²) in [5.74, 6) is 0.131. The largest absolute Gasteiger partial charge is 0.495 e. The van der Waals surface area contributed by atoms with Crippen molar-refractivity contribution in [2.24, 2.45) is 0 Å². The predicted molar refractivity (Wildman–Crippen MR) is 107 cm³/mol. The van der Waals surface area contributed by atoms with Crippen LogP contribution in [0.4, 0.5) is 10.7 Å². The molecular weight excluding hydrogens is 364 g/mol. The first kappa shape index (κ1) is 19.4. The van der Waals surface area contributed by atoms with Gasteiger partial charge in [-0.05, 0) is 43.9 Å². The number of benzene rings is 1. The Morgan fingerprint density at radius 1 is 1.30 bits per heavy atom. The molecule has 27 heavy (non-hydrogen) atoms. The van der Waals surface area contributed by atoms with Crippen molar-refractivity contribution in [3.05, 3.63) is 40.3 Å². The van der Waals surface area contributed by atoms with Crippen LogP contribution in [0, 0.1) is 6.92 Å². The van der Waals surface area contributed by atoms with Crippen molar-refractivity contribution >= 4 is 33.8 Å². The van der Waals surface area contributed by atoms with E-state index in [4.69, 9.17) is 9.47 Å². The lowest BCUT2D eigenvalue weighted by atomic mass is 10.1. The summed E-state index contributed by atoms with van der Waals surface area (Å²) < 4.78 is 10.8. The van der Waals surface area contributed by atoms with E-state index in [1.54, 1.807) is 19.2 Å². The molecule has 1 aromatic heterocycles. The van der Waals surface area contributed by atoms with Gasteiger partial charge in [-0.25, -0.2) is 0 Å². The molecule has 3 rings (SSSR count). The molecule has 1 aliphatic heterocycles. The molecule has 2 aromatic rings. The van der Waals surface area contributed by atoms with Gasteiger partial charge in [0, 0.05) is 11.5 Å². The van der Waals surface area contributed by atoms with Crippen LogP contribution < -0.4 is 15.4 Å². The maximum Gasteiger partial charge on any atom is 0.259 e. The molecule has 1 aromatic carbocycles. The second-order valence-corrected chi connectivity index (χ2v) is 7.56. The number of hydrogen-bond donors (Lipinski definition) is 2. The Hall–Kier alpha value is -2.38. The minimum atomic E-state index is -0.442. The van der Waals surface area contributed by atoms with Crippen LogP contribution in [0.15, 0.2) is 24.3 Å². The van der Waals surface area contributed by atoms with Crippen LogP contribution in [0.1, 0.15) is 40.6 Å². The number of aryl methyl sites for hydroxylation is 1. The van der Waals surface area contributed by atoms with Crippen LogP contribution in [0.2, 0.25) is 0 Å². The molecule has 0 aliphatic carbocycles. The van der Waals surface area contributed by atoms with Gasteiger partial charge in [-0.1, -0.05) is 19.1 Å². The molecule has 7 heteroatoms. The highest BCUT2D eigenvalue weighted by molar-refractivity contribution is 7.16. The predicted octanol–water partition coefficient (Wildman–Crippen LogP) is 4.00. The Morgan fingerprint density at radius 2 is 2.07 bits per heavy atom. The van der Waals surface area contributed by atoms with Crippen molar-refractivity contribution in [3.63, 3.8) is 0 Å². The second-order valence-electron chi connectivity index (χ2n) is 6.34. The minimum Gasteiger partial charge on any atom is -0.495 e. The molecule has 2 heterocycles. The van der Waals surface area contributed by atoms with E-state index in [1.165, 1.54) is 11.3 Å². The van der Waals surface area contributed by atoms with Crippen molar-refractivity contribution in [1.82, 2.24) is 0 Å². The lowest BCUT2D eigenvalue weighted by molar-refractivity contribution is -0.124. The zero-order valence-corrected chi connectivity index (χ0v) is 16.6. The van der Waals surface area contributed by atoms with Crippen molar-refractivity contribution < 1.29 is 19.1 Å². The molecule has 0 bridgehead atoms. The molecule has 1 saturated heterocycles. The first-order valence-corrected chi connectivity index (χ1v) is 9.85. The Bertz CT molecular complexity index is 841. The van der Waals surface area contributed by atoms with E-state index in [2.05, 4.69) is 10.6 Å². The summed E-state index contributed by atoms with van der Waals surface area (Å²) in [6, 6.07) is 7.24. The number of carbonyl (C=O) groups is 2. The van der Waals surface area contributed by atoms with Gasteiger partial charge in [0.15, 0.2) is 0 Å². The van der Waals surface area contributed by atoms with Crippen LogP contribution >= 0.6 is 11.3 Å². The molecule has 1 fully saturated rings. The van der Waals surface area contributed by atoms with Gasteiger partial charge in [-0.3, -0.25) is 9.59 Å². The Balaban J connectivity index is 1.88. The van der Waals surface area contributed by atoms with E-state index in [-0.39, 0.29) is 11.8 Å². The third-order valence-electron chi connectivity index (χ3n) is 4.60. The standard InChI is InChI=1S/C20H24N2O4S/c1-4-13-12(2)27-20(22-18(23)16-10-7-11-26-16)17(13)19(24)21-14-8-5-6-9-15(14)25-3/h5-6,8-9,16H,4,7,10-11H2,1-3H3,(H,21,24)(H,22,23)/t16-/m1/s1. The maximum absolute atomic E-state index is 13.1. The van der Waals surface area contributed by atoms with Crippen LogP contribution in [-0.4, -0.2) is 31.6 Å². The van der Waals surface area contributed by atoms with Crippen molar-refractivity contribution in [2.45, 2.75) is 39.2 Å². The number of methoxy groups -OCH3 is 1. The van der Waals surface area contributed by atoms with E-state index in [0.29, 0.717) is 41.4 Å². The van der Waals surface area contributed by atoms with Crippen LogP contribution in [-0.2, 0) is 16.0 Å². The van der Waals surface area contributed by atoms with E-state index >= 15 is 0 Å². The molecule has 6 nitrogen and oxygen atoms in total. The third-order valence-corrected chi connectivity index (χ3v) is 5.67. The van der Waals surface area contributed by atoms with Crippen molar-refractivity contribution in [2.75, 3.05) is 24.4 Å². The highest BCUT2D eigenvalue weighted by Gasteiger charge is 2.28. The number of anilines is 2. The highest BCUT2D eigenvalue weighted by Crippen LogP contribution is 2.35. The topological polar surface area (TPSA) is 76.7 Å². The minimum absolute atomic E-state index is 0.192. The van der Waals surface area contributed by atoms with Gasteiger partial charge in [0.1, 0.15) is 16.9 Å². The van der Waals surface area contributed by atoms with Crippen molar-refractivity contribution in [3.8, 4) is 5.75 Å². The van der Waals surface area contributed by atoms with Crippen LogP contribution in [0.25, 0.3) is 0 Å². The highest BCUT2D eigenvalue weighted by atomic mass is 32.1. The summed E-state index contributed by atoms with van der Waals surface area (Å²) in [7, 11) is 1.56. The molecule has 0 unspecified atom stereocenters. The molecule has 144 valence electrons. The van der Waals surface area contributed by atoms with Gasteiger partial charge in [0.2, 0.25) is 0 Å². The number of amides is 2. The van der Waals surface area contributed by atoms with E-state index < -0.39 is 6.10 Å². The number of para-hydroxylation sites is 2. The van der Waals surface area contributed by atoms with E-state index in [9.17, 15) is 9.59 Å². The zero-order valence-electron chi connectivity index (χ0n) is 15.8. The van der Waals surface area contributed by atoms with E-state index in [0.717, 1.165) is 16.9 Å². The van der Waals surface area contributed by atoms with Crippen molar-refractivity contribution in [1.29, 1.82) is 0 Å². The fourth-order valence-corrected chi connectivity index (χ4v) is 4.39. The van der Waals surface area contributed by atoms with Gasteiger partial charge in [0.05, 0.1) is 18.4 Å². The quantitative estimate of drug-likeness (QED) is 0.784. The summed E-state index contributed by atoms with van der Waals surface area (Å²) in [6.07, 6.45) is 1.84. The van der Waals surface area contributed by atoms with Gasteiger partial charge in [-0.2, -0.15) is 0 Å². The lowest BCUT2D eigenvalue weighted by Gasteiger charge is -2.13. The number of rotatable bonds is 6. The van der Waals surface area contributed by atoms with Crippen LogP contribution in [0.3, 0.4) is 0 Å². The van der Waals surface area contributed by atoms with Gasteiger partial charge in [0.25, 0.3) is 11.8 Å².